The van der Waals surface area contributed by atoms with Gasteiger partial charge in [0, 0.05) is 13.1 Å². The number of nitrogens with zero attached hydrogens (tertiary/aromatic N) is 1. The lowest BCUT2D eigenvalue weighted by molar-refractivity contribution is -0.645. The van der Waals surface area contributed by atoms with Crippen LogP contribution in [0.4, 0.5) is 0 Å². The molecule has 0 atom stereocenters. The molecule has 1 saturated heterocycles. The van der Waals surface area contributed by atoms with Crippen LogP contribution in [0.15, 0.2) is 0 Å². The van der Waals surface area contributed by atoms with Gasteiger partial charge in [0.2, 0.25) is 0 Å². The average Bonchev–Trinajstić information content (AvgIpc) is 1.91. The molecule has 0 saturated carbocycles. The fourth-order valence-corrected chi connectivity index (χ4v) is 1.40. The van der Waals surface area contributed by atoms with E-state index in [0.717, 1.165) is 0 Å². The Bertz CT molecular complexity index is 64.6. The van der Waals surface area contributed by atoms with E-state index in [1.165, 1.54) is 39.0 Å². The van der Waals surface area contributed by atoms with Gasteiger partial charge in [0.05, 0.1) is 7.05 Å². The van der Waals surface area contributed by atoms with Gasteiger partial charge in [-0.05, 0) is 12.8 Å². The highest BCUT2D eigenvalue weighted by molar-refractivity contribution is 4.59. The Kier molecular flexibility index (Phi) is 3.01. The zero-order chi connectivity index (χ0) is 6.53. The Labute approximate surface area is 57.2 Å². The van der Waals surface area contributed by atoms with Crippen molar-refractivity contribution in [2.24, 2.45) is 0 Å². The van der Waals surface area contributed by atoms with Crippen molar-refractivity contribution in [2.45, 2.75) is 19.3 Å². The molecule has 1 aliphatic rings. The Balaban J connectivity index is 2.08. The lowest BCUT2D eigenvalue weighted by Gasteiger charge is -2.23. The molecule has 0 amide bonds. The zero-order valence-corrected chi connectivity index (χ0v) is 6.27. The minimum absolute atomic E-state index is 1.19. The number of hydrogen-bond donors (Lipinski definition) is 1. The van der Waals surface area contributed by atoms with E-state index in [4.69, 9.17) is 0 Å². The average molecular weight is 129 g/mol. The van der Waals surface area contributed by atoms with Gasteiger partial charge in [0.25, 0.3) is 0 Å². The first kappa shape index (κ1) is 7.03. The Morgan fingerprint density at radius 3 is 2.44 bits per heavy atom. The number of quaternary nitrogens is 1. The highest BCUT2D eigenvalue weighted by Gasteiger charge is 2.08. The van der Waals surface area contributed by atoms with Gasteiger partial charge in [-0.3, -0.25) is 4.90 Å². The molecule has 2 N–H and O–H groups in total. The van der Waals surface area contributed by atoms with E-state index >= 15 is 0 Å². The van der Waals surface area contributed by atoms with Crippen molar-refractivity contribution in [3.05, 3.63) is 0 Å². The van der Waals surface area contributed by atoms with Crippen molar-refractivity contribution in [1.82, 2.24) is 4.90 Å². The fraction of sp³-hybridized carbons (Fsp3) is 1.00. The Hall–Kier alpha value is -0.0800. The third kappa shape index (κ3) is 2.33. The number of piperidine rings is 1. The van der Waals surface area contributed by atoms with Crippen LogP contribution in [0.2, 0.25) is 0 Å². The molecule has 54 valence electrons. The van der Waals surface area contributed by atoms with Gasteiger partial charge >= 0.3 is 0 Å². The molecule has 1 aliphatic heterocycles. The molecule has 2 nitrogen and oxygen atoms in total. The maximum Gasteiger partial charge on any atom is 0.131 e. The molecule has 2 heteroatoms. The summed E-state index contributed by atoms with van der Waals surface area (Å²) in [6.07, 6.45) is 4.27. The van der Waals surface area contributed by atoms with Crippen molar-refractivity contribution in [3.8, 4) is 0 Å². The van der Waals surface area contributed by atoms with Gasteiger partial charge in [0.15, 0.2) is 0 Å². The molecular formula is C7H17N2+. The van der Waals surface area contributed by atoms with Crippen LogP contribution in [0.25, 0.3) is 0 Å². The van der Waals surface area contributed by atoms with E-state index < -0.39 is 0 Å². The van der Waals surface area contributed by atoms with Crippen LogP contribution in [0.1, 0.15) is 19.3 Å². The summed E-state index contributed by atoms with van der Waals surface area (Å²) in [6, 6.07) is 0. The first-order valence-electron chi connectivity index (χ1n) is 3.93. The largest absolute Gasteiger partial charge is 0.336 e. The van der Waals surface area contributed by atoms with Crippen LogP contribution in [-0.2, 0) is 0 Å². The summed E-state index contributed by atoms with van der Waals surface area (Å²) in [5.41, 5.74) is 0. The lowest BCUT2D eigenvalue weighted by Crippen LogP contribution is -2.83. The first-order chi connectivity index (χ1) is 4.43. The monoisotopic (exact) mass is 129 g/mol. The maximum absolute atomic E-state index is 2.52. The summed E-state index contributed by atoms with van der Waals surface area (Å²) in [5.74, 6) is 0. The molecule has 0 aromatic rings. The van der Waals surface area contributed by atoms with E-state index in [1.54, 1.807) is 0 Å². The predicted molar refractivity (Wildman–Crippen MR) is 38.1 cm³/mol. The SMILES string of the molecule is C[NH2+]CN1CCCCC1. The summed E-state index contributed by atoms with van der Waals surface area (Å²) >= 11 is 0. The maximum atomic E-state index is 2.52. The molecule has 0 aromatic heterocycles. The molecule has 1 heterocycles. The van der Waals surface area contributed by atoms with E-state index in [-0.39, 0.29) is 0 Å². The zero-order valence-electron chi connectivity index (χ0n) is 6.27. The quantitative estimate of drug-likeness (QED) is 0.539. The normalized spacial score (nSPS) is 22.3. The highest BCUT2D eigenvalue weighted by atomic mass is 15.2. The Morgan fingerprint density at radius 1 is 1.22 bits per heavy atom. The second-order valence-corrected chi connectivity index (χ2v) is 2.77. The minimum atomic E-state index is 1.19. The number of nitrogens with two attached hydrogens (primary N) is 1. The Morgan fingerprint density at radius 2 is 1.89 bits per heavy atom. The van der Waals surface area contributed by atoms with E-state index in [1.807, 2.05) is 0 Å². The summed E-state index contributed by atoms with van der Waals surface area (Å²) in [4.78, 5) is 2.52. The smallest absolute Gasteiger partial charge is 0.131 e. The van der Waals surface area contributed by atoms with E-state index in [9.17, 15) is 0 Å². The van der Waals surface area contributed by atoms with Crippen molar-refractivity contribution < 1.29 is 5.32 Å². The van der Waals surface area contributed by atoms with Crippen molar-refractivity contribution in [2.75, 3.05) is 26.8 Å². The molecule has 0 unspecified atom stereocenters. The van der Waals surface area contributed by atoms with Crippen LogP contribution in [-0.4, -0.2) is 31.7 Å². The highest BCUT2D eigenvalue weighted by Crippen LogP contribution is 2.05. The molecule has 9 heavy (non-hydrogen) atoms. The molecule has 1 fully saturated rings. The number of rotatable bonds is 2. The fourth-order valence-electron chi connectivity index (χ4n) is 1.40. The van der Waals surface area contributed by atoms with Gasteiger partial charge in [-0.25, -0.2) is 0 Å². The second kappa shape index (κ2) is 3.85. The topological polar surface area (TPSA) is 19.9 Å². The summed E-state index contributed by atoms with van der Waals surface area (Å²) < 4.78 is 0. The summed E-state index contributed by atoms with van der Waals surface area (Å²) in [7, 11) is 2.13. The minimum Gasteiger partial charge on any atom is -0.336 e. The lowest BCUT2D eigenvalue weighted by atomic mass is 10.1. The molecule has 0 aliphatic carbocycles. The third-order valence-corrected chi connectivity index (χ3v) is 1.89. The predicted octanol–water partition coefficient (Wildman–Crippen LogP) is -0.377. The van der Waals surface area contributed by atoms with E-state index in [2.05, 4.69) is 17.3 Å². The van der Waals surface area contributed by atoms with Gasteiger partial charge in [-0.1, -0.05) is 6.42 Å². The van der Waals surface area contributed by atoms with Crippen LogP contribution < -0.4 is 5.32 Å². The second-order valence-electron chi connectivity index (χ2n) is 2.77. The van der Waals surface area contributed by atoms with Gasteiger partial charge in [-0.15, -0.1) is 0 Å². The molecule has 0 radical (unpaired) electrons. The molecule has 0 spiro atoms. The summed E-state index contributed by atoms with van der Waals surface area (Å²) in [5, 5.41) is 2.24. The standard InChI is InChI=1S/C7H16N2/c1-8-7-9-5-3-2-4-6-9/h8H,2-7H2,1H3/p+1. The molecule has 1 rings (SSSR count). The molecular weight excluding hydrogens is 112 g/mol. The van der Waals surface area contributed by atoms with Gasteiger partial charge < -0.3 is 5.32 Å². The first-order valence-corrected chi connectivity index (χ1v) is 3.93. The van der Waals surface area contributed by atoms with Crippen LogP contribution in [0.5, 0.6) is 0 Å². The third-order valence-electron chi connectivity index (χ3n) is 1.89. The van der Waals surface area contributed by atoms with Crippen LogP contribution in [0, 0.1) is 0 Å². The summed E-state index contributed by atoms with van der Waals surface area (Å²) in [6.45, 7) is 3.84. The van der Waals surface area contributed by atoms with Gasteiger partial charge in [-0.2, -0.15) is 0 Å². The van der Waals surface area contributed by atoms with Crippen molar-refractivity contribution >= 4 is 0 Å². The molecule has 0 bridgehead atoms. The van der Waals surface area contributed by atoms with E-state index in [0.29, 0.717) is 0 Å². The van der Waals surface area contributed by atoms with Crippen molar-refractivity contribution in [3.63, 3.8) is 0 Å². The number of hydrogen-bond acceptors (Lipinski definition) is 1. The number of likely N-dealkylation sites (tertiary alicyclic amines) is 1. The van der Waals surface area contributed by atoms with Crippen molar-refractivity contribution in [1.29, 1.82) is 0 Å². The van der Waals surface area contributed by atoms with Crippen LogP contribution in [0.3, 0.4) is 0 Å². The van der Waals surface area contributed by atoms with Gasteiger partial charge in [0.1, 0.15) is 6.67 Å². The van der Waals surface area contributed by atoms with Crippen LogP contribution >= 0.6 is 0 Å². The molecule has 0 aromatic carbocycles.